The molecule has 0 N–H and O–H groups in total. The Labute approximate surface area is 134 Å². The van der Waals surface area contributed by atoms with E-state index in [0.29, 0.717) is 30.2 Å². The van der Waals surface area contributed by atoms with Crippen LogP contribution in [0.15, 0.2) is 16.9 Å². The Balaban J connectivity index is 2.14. The van der Waals surface area contributed by atoms with Crippen LogP contribution in [0.1, 0.15) is 32.8 Å². The standard InChI is InChI=1S/C15H20ClN3O3/c1-15(2,3)22-14(21)19-7-5-10(6-8-19)11-9-12(20)18(4)17-13(11)16/h5,9H,6-8H2,1-4H3. The van der Waals surface area contributed by atoms with Crippen molar-refractivity contribution in [2.24, 2.45) is 7.05 Å². The van der Waals surface area contributed by atoms with Crippen LogP contribution in [0.4, 0.5) is 4.79 Å². The van der Waals surface area contributed by atoms with Gasteiger partial charge in [0, 0.05) is 31.8 Å². The van der Waals surface area contributed by atoms with Crippen LogP contribution >= 0.6 is 11.6 Å². The molecule has 22 heavy (non-hydrogen) atoms. The zero-order chi connectivity index (χ0) is 16.5. The summed E-state index contributed by atoms with van der Waals surface area (Å²) < 4.78 is 6.54. The quantitative estimate of drug-likeness (QED) is 0.795. The monoisotopic (exact) mass is 325 g/mol. The first-order valence-electron chi connectivity index (χ1n) is 7.08. The predicted octanol–water partition coefficient (Wildman–Crippen LogP) is 2.46. The van der Waals surface area contributed by atoms with Gasteiger partial charge in [-0.05, 0) is 32.8 Å². The van der Waals surface area contributed by atoms with Crippen molar-refractivity contribution in [2.75, 3.05) is 13.1 Å². The first-order valence-corrected chi connectivity index (χ1v) is 7.46. The van der Waals surface area contributed by atoms with Gasteiger partial charge >= 0.3 is 6.09 Å². The highest BCUT2D eigenvalue weighted by Crippen LogP contribution is 2.26. The van der Waals surface area contributed by atoms with Crippen LogP contribution in [0.25, 0.3) is 5.57 Å². The normalized spacial score (nSPS) is 15.5. The average molecular weight is 326 g/mol. The van der Waals surface area contributed by atoms with E-state index in [9.17, 15) is 9.59 Å². The van der Waals surface area contributed by atoms with E-state index in [1.165, 1.54) is 10.7 Å². The number of halogens is 1. The molecule has 1 aliphatic heterocycles. The summed E-state index contributed by atoms with van der Waals surface area (Å²) in [6.45, 7) is 6.45. The molecule has 6 nitrogen and oxygen atoms in total. The molecule has 1 aromatic heterocycles. The summed E-state index contributed by atoms with van der Waals surface area (Å²) in [5, 5.41) is 4.27. The van der Waals surface area contributed by atoms with Crippen LogP contribution in [0.5, 0.6) is 0 Å². The van der Waals surface area contributed by atoms with Crippen LogP contribution in [-0.4, -0.2) is 39.5 Å². The molecule has 120 valence electrons. The Bertz CT molecular complexity index is 674. The van der Waals surface area contributed by atoms with Crippen molar-refractivity contribution in [3.8, 4) is 0 Å². The van der Waals surface area contributed by atoms with Gasteiger partial charge in [-0.25, -0.2) is 9.48 Å². The van der Waals surface area contributed by atoms with E-state index >= 15 is 0 Å². The van der Waals surface area contributed by atoms with Gasteiger partial charge in [-0.2, -0.15) is 5.10 Å². The fourth-order valence-corrected chi connectivity index (χ4v) is 2.43. The molecule has 0 unspecified atom stereocenters. The van der Waals surface area contributed by atoms with Gasteiger partial charge < -0.3 is 9.64 Å². The van der Waals surface area contributed by atoms with E-state index in [0.717, 1.165) is 5.57 Å². The number of amides is 1. The highest BCUT2D eigenvalue weighted by Gasteiger charge is 2.24. The van der Waals surface area contributed by atoms with Gasteiger partial charge in [0.05, 0.1) is 0 Å². The van der Waals surface area contributed by atoms with Gasteiger partial charge in [-0.3, -0.25) is 4.79 Å². The number of rotatable bonds is 1. The first-order chi connectivity index (χ1) is 10.2. The first kappa shape index (κ1) is 16.5. The smallest absolute Gasteiger partial charge is 0.410 e. The van der Waals surface area contributed by atoms with Gasteiger partial charge in [0.15, 0.2) is 5.15 Å². The average Bonchev–Trinajstić information content (AvgIpc) is 2.41. The number of aryl methyl sites for hydroxylation is 1. The maximum atomic E-state index is 12.0. The largest absolute Gasteiger partial charge is 0.444 e. The molecule has 0 radical (unpaired) electrons. The highest BCUT2D eigenvalue weighted by molar-refractivity contribution is 6.31. The summed E-state index contributed by atoms with van der Waals surface area (Å²) in [6.07, 6.45) is 2.15. The van der Waals surface area contributed by atoms with Gasteiger partial charge in [0.2, 0.25) is 0 Å². The zero-order valence-corrected chi connectivity index (χ0v) is 14.0. The molecule has 7 heteroatoms. The lowest BCUT2D eigenvalue weighted by molar-refractivity contribution is 0.0270. The molecule has 0 bridgehead atoms. The van der Waals surface area contributed by atoms with Gasteiger partial charge in [0.1, 0.15) is 5.60 Å². The summed E-state index contributed by atoms with van der Waals surface area (Å²) in [5.41, 5.74) is 0.832. The van der Waals surface area contributed by atoms with E-state index in [2.05, 4.69) is 5.10 Å². The number of hydrogen-bond acceptors (Lipinski definition) is 4. The van der Waals surface area contributed by atoms with Crippen molar-refractivity contribution in [3.63, 3.8) is 0 Å². The SMILES string of the molecule is Cn1nc(Cl)c(C2=CCN(C(=O)OC(C)(C)C)CC2)cc1=O. The lowest BCUT2D eigenvalue weighted by atomic mass is 10.0. The molecule has 0 atom stereocenters. The Morgan fingerprint density at radius 3 is 2.64 bits per heavy atom. The molecule has 0 aliphatic carbocycles. The number of nitrogens with zero attached hydrogens (tertiary/aromatic N) is 3. The van der Waals surface area contributed by atoms with E-state index in [1.54, 1.807) is 11.9 Å². The van der Waals surface area contributed by atoms with Crippen molar-refractivity contribution in [2.45, 2.75) is 32.8 Å². The van der Waals surface area contributed by atoms with Crippen LogP contribution in [0, 0.1) is 0 Å². The molecule has 2 rings (SSSR count). The topological polar surface area (TPSA) is 64.4 Å². The third-order valence-corrected chi connectivity index (χ3v) is 3.53. The third-order valence-electron chi connectivity index (χ3n) is 3.25. The van der Waals surface area contributed by atoms with Crippen LogP contribution in [0.3, 0.4) is 0 Å². The van der Waals surface area contributed by atoms with Gasteiger partial charge in [-0.1, -0.05) is 17.7 Å². The number of hydrogen-bond donors (Lipinski definition) is 0. The van der Waals surface area contributed by atoms with Gasteiger partial charge in [-0.15, -0.1) is 0 Å². The van der Waals surface area contributed by atoms with E-state index < -0.39 is 5.60 Å². The fourth-order valence-electron chi connectivity index (χ4n) is 2.14. The van der Waals surface area contributed by atoms with E-state index in [1.807, 2.05) is 26.8 Å². The minimum absolute atomic E-state index is 0.213. The molecule has 1 aromatic rings. The maximum Gasteiger partial charge on any atom is 0.410 e. The second-order valence-corrected chi connectivity index (χ2v) is 6.57. The van der Waals surface area contributed by atoms with Gasteiger partial charge in [0.25, 0.3) is 5.56 Å². The number of ether oxygens (including phenoxy) is 1. The number of carbonyl (C=O) groups excluding carboxylic acids is 1. The molecule has 0 saturated heterocycles. The molecular formula is C15H20ClN3O3. The Kier molecular flexibility index (Phi) is 4.60. The van der Waals surface area contributed by atoms with E-state index in [4.69, 9.17) is 16.3 Å². The van der Waals surface area contributed by atoms with E-state index in [-0.39, 0.29) is 11.7 Å². The Morgan fingerprint density at radius 1 is 1.41 bits per heavy atom. The second-order valence-electron chi connectivity index (χ2n) is 6.22. The van der Waals surface area contributed by atoms with Crippen molar-refractivity contribution in [3.05, 3.63) is 33.2 Å². The molecule has 0 saturated carbocycles. The second kappa shape index (κ2) is 6.12. The lowest BCUT2D eigenvalue weighted by Crippen LogP contribution is -2.39. The zero-order valence-electron chi connectivity index (χ0n) is 13.2. The van der Waals surface area contributed by atoms with Crippen molar-refractivity contribution in [1.29, 1.82) is 0 Å². The molecule has 1 aliphatic rings. The third kappa shape index (κ3) is 3.88. The van der Waals surface area contributed by atoms with Crippen molar-refractivity contribution >= 4 is 23.3 Å². The van der Waals surface area contributed by atoms with Crippen LogP contribution in [-0.2, 0) is 11.8 Å². The Hall–Kier alpha value is -1.82. The molecule has 2 heterocycles. The van der Waals surface area contributed by atoms with Crippen molar-refractivity contribution in [1.82, 2.24) is 14.7 Å². The number of carbonyl (C=O) groups is 1. The summed E-state index contributed by atoms with van der Waals surface area (Å²) in [4.78, 5) is 25.3. The Morgan fingerprint density at radius 2 is 2.09 bits per heavy atom. The molecule has 0 spiro atoms. The lowest BCUT2D eigenvalue weighted by Gasteiger charge is -2.29. The summed E-state index contributed by atoms with van der Waals surface area (Å²) in [7, 11) is 1.55. The molecule has 0 fully saturated rings. The highest BCUT2D eigenvalue weighted by atomic mass is 35.5. The summed E-state index contributed by atoms with van der Waals surface area (Å²) in [6, 6.07) is 1.48. The van der Waals surface area contributed by atoms with Crippen LogP contribution < -0.4 is 5.56 Å². The van der Waals surface area contributed by atoms with Crippen LogP contribution in [0.2, 0.25) is 5.15 Å². The summed E-state index contributed by atoms with van der Waals surface area (Å²) >= 11 is 6.10. The minimum Gasteiger partial charge on any atom is -0.444 e. The van der Waals surface area contributed by atoms with Crippen molar-refractivity contribution < 1.29 is 9.53 Å². The summed E-state index contributed by atoms with van der Waals surface area (Å²) in [5.74, 6) is 0. The molecular weight excluding hydrogens is 306 g/mol. The fraction of sp³-hybridized carbons (Fsp3) is 0.533. The minimum atomic E-state index is -0.514. The maximum absolute atomic E-state index is 12.0. The number of aromatic nitrogens is 2. The predicted molar refractivity (Wildman–Crippen MR) is 84.9 cm³/mol. The molecule has 1 amide bonds. The molecule has 0 aromatic carbocycles.